The lowest BCUT2D eigenvalue weighted by atomic mass is 10.3. The number of H-pyrrole nitrogens is 1. The Kier molecular flexibility index (Phi) is 8.26. The first kappa shape index (κ1) is 22.5. The summed E-state index contributed by atoms with van der Waals surface area (Å²) in [5.41, 5.74) is 6.12. The molecule has 0 aliphatic carbocycles. The van der Waals surface area contributed by atoms with Crippen molar-refractivity contribution >= 4 is 34.5 Å². The normalized spacial score (nSPS) is 10.6. The highest BCUT2D eigenvalue weighted by Crippen LogP contribution is 2.21. The third-order valence-electron chi connectivity index (χ3n) is 4.33. The van der Waals surface area contributed by atoms with E-state index in [2.05, 4.69) is 10.3 Å². The van der Waals surface area contributed by atoms with Crippen LogP contribution in [0.2, 0.25) is 0 Å². The first-order chi connectivity index (χ1) is 13.9. The van der Waals surface area contributed by atoms with E-state index in [0.29, 0.717) is 24.8 Å². The SMILES string of the molecule is CCCCn1c(N)c(N(CCC)C(=S)Nc2ccc(OCC)cc2)c(=O)[nH]c1=O. The molecule has 2 rings (SSSR count). The maximum Gasteiger partial charge on any atom is 0.330 e. The minimum Gasteiger partial charge on any atom is -0.494 e. The van der Waals surface area contributed by atoms with E-state index in [1.54, 1.807) is 4.90 Å². The summed E-state index contributed by atoms with van der Waals surface area (Å²) in [5.74, 6) is 0.884. The number of unbranched alkanes of at least 4 members (excludes halogenated alkanes) is 1. The van der Waals surface area contributed by atoms with E-state index < -0.39 is 11.2 Å². The molecule has 2 aromatic rings. The molecule has 0 radical (unpaired) electrons. The number of nitrogens with two attached hydrogens (primary N) is 1. The summed E-state index contributed by atoms with van der Waals surface area (Å²) in [5, 5.41) is 3.46. The molecule has 8 nitrogen and oxygen atoms in total. The van der Waals surface area contributed by atoms with Crippen molar-refractivity contribution in [3.8, 4) is 5.75 Å². The lowest BCUT2D eigenvalue weighted by Crippen LogP contribution is -2.43. The molecule has 0 saturated heterocycles. The molecule has 0 amide bonds. The van der Waals surface area contributed by atoms with Gasteiger partial charge < -0.3 is 20.7 Å². The third-order valence-corrected chi connectivity index (χ3v) is 4.65. The van der Waals surface area contributed by atoms with Crippen molar-refractivity contribution in [2.45, 2.75) is 46.6 Å². The van der Waals surface area contributed by atoms with Gasteiger partial charge in [0, 0.05) is 18.8 Å². The zero-order valence-corrected chi connectivity index (χ0v) is 18.0. The van der Waals surface area contributed by atoms with Crippen molar-refractivity contribution in [1.29, 1.82) is 0 Å². The first-order valence-corrected chi connectivity index (χ1v) is 10.3. The Morgan fingerprint density at radius 1 is 1.21 bits per heavy atom. The predicted octanol–water partition coefficient (Wildman–Crippen LogP) is 2.93. The van der Waals surface area contributed by atoms with Crippen LogP contribution in [0.4, 0.5) is 17.2 Å². The lowest BCUT2D eigenvalue weighted by Gasteiger charge is -2.26. The summed E-state index contributed by atoms with van der Waals surface area (Å²) in [4.78, 5) is 28.8. The number of nitrogen functional groups attached to an aromatic ring is 1. The molecule has 0 saturated carbocycles. The first-order valence-electron chi connectivity index (χ1n) is 9.86. The predicted molar refractivity (Wildman–Crippen MR) is 122 cm³/mol. The molecule has 0 bridgehead atoms. The number of hydrogen-bond donors (Lipinski definition) is 3. The highest BCUT2D eigenvalue weighted by molar-refractivity contribution is 7.80. The van der Waals surface area contributed by atoms with E-state index in [4.69, 9.17) is 22.7 Å². The third kappa shape index (κ3) is 5.60. The van der Waals surface area contributed by atoms with Crippen LogP contribution in [-0.2, 0) is 6.54 Å². The van der Waals surface area contributed by atoms with E-state index in [1.165, 1.54) is 4.57 Å². The molecule has 158 valence electrons. The van der Waals surface area contributed by atoms with Crippen LogP contribution in [0.5, 0.6) is 5.75 Å². The molecular formula is C20H29N5O3S. The van der Waals surface area contributed by atoms with Crippen LogP contribution < -0.4 is 31.9 Å². The zero-order valence-electron chi connectivity index (χ0n) is 17.2. The summed E-state index contributed by atoms with van der Waals surface area (Å²) >= 11 is 5.56. The maximum atomic E-state index is 12.6. The van der Waals surface area contributed by atoms with Crippen LogP contribution in [0, 0.1) is 0 Å². The summed E-state index contributed by atoms with van der Waals surface area (Å²) in [6.07, 6.45) is 2.41. The molecule has 29 heavy (non-hydrogen) atoms. The average Bonchev–Trinajstić information content (AvgIpc) is 2.68. The number of nitrogens with one attached hydrogen (secondary N) is 2. The Balaban J connectivity index is 2.36. The van der Waals surface area contributed by atoms with E-state index in [1.807, 2.05) is 45.0 Å². The summed E-state index contributed by atoms with van der Waals surface area (Å²) in [7, 11) is 0. The van der Waals surface area contributed by atoms with Crippen molar-refractivity contribution in [3.05, 3.63) is 45.1 Å². The molecule has 1 heterocycles. The van der Waals surface area contributed by atoms with Gasteiger partial charge in [-0.05, 0) is 56.2 Å². The van der Waals surface area contributed by atoms with E-state index in [9.17, 15) is 9.59 Å². The minimum absolute atomic E-state index is 0.122. The number of rotatable bonds is 9. The van der Waals surface area contributed by atoms with Gasteiger partial charge in [-0.2, -0.15) is 0 Å². The molecule has 0 unspecified atom stereocenters. The zero-order chi connectivity index (χ0) is 21.4. The molecule has 1 aromatic carbocycles. The molecule has 0 fully saturated rings. The Bertz CT molecular complexity index is 937. The van der Waals surface area contributed by atoms with Gasteiger partial charge >= 0.3 is 5.69 Å². The number of hydrogen-bond acceptors (Lipinski definition) is 5. The molecule has 1 aromatic heterocycles. The van der Waals surface area contributed by atoms with Gasteiger partial charge in [0.15, 0.2) is 10.8 Å². The number of ether oxygens (including phenoxy) is 1. The van der Waals surface area contributed by atoms with Gasteiger partial charge in [0.1, 0.15) is 11.6 Å². The fourth-order valence-corrected chi connectivity index (χ4v) is 3.21. The summed E-state index contributed by atoms with van der Waals surface area (Å²) < 4.78 is 6.84. The van der Waals surface area contributed by atoms with Crippen molar-refractivity contribution in [3.63, 3.8) is 0 Å². The monoisotopic (exact) mass is 419 g/mol. The number of thiocarbonyl (C=S) groups is 1. The van der Waals surface area contributed by atoms with Crippen molar-refractivity contribution in [2.24, 2.45) is 0 Å². The van der Waals surface area contributed by atoms with Crippen LogP contribution >= 0.6 is 12.2 Å². The Morgan fingerprint density at radius 3 is 2.48 bits per heavy atom. The second kappa shape index (κ2) is 10.7. The van der Waals surface area contributed by atoms with Gasteiger partial charge in [-0.3, -0.25) is 14.3 Å². The van der Waals surface area contributed by atoms with Crippen LogP contribution in [-0.4, -0.2) is 27.8 Å². The fourth-order valence-electron chi connectivity index (χ4n) is 2.91. The molecule has 9 heteroatoms. The van der Waals surface area contributed by atoms with Crippen molar-refractivity contribution in [2.75, 3.05) is 29.1 Å². The molecule has 0 spiro atoms. The topological polar surface area (TPSA) is 105 Å². The van der Waals surface area contributed by atoms with Crippen molar-refractivity contribution < 1.29 is 4.74 Å². The van der Waals surface area contributed by atoms with Crippen LogP contribution in [0.15, 0.2) is 33.9 Å². The highest BCUT2D eigenvalue weighted by Gasteiger charge is 2.21. The Labute approximate surface area is 175 Å². The molecule has 0 aliphatic rings. The van der Waals surface area contributed by atoms with Crippen LogP contribution in [0.3, 0.4) is 0 Å². The van der Waals surface area contributed by atoms with E-state index in [-0.39, 0.29) is 11.5 Å². The standard InChI is InChI=1S/C20H29N5O3S/c1-4-7-13-25-17(21)16(18(26)23-19(25)27)24(12-5-2)20(29)22-14-8-10-15(11-9-14)28-6-3/h8-11H,4-7,12-13,21H2,1-3H3,(H,22,29)(H,23,26,27). The highest BCUT2D eigenvalue weighted by atomic mass is 32.1. The van der Waals surface area contributed by atoms with E-state index in [0.717, 1.165) is 30.7 Å². The Morgan fingerprint density at radius 2 is 1.90 bits per heavy atom. The van der Waals surface area contributed by atoms with Gasteiger partial charge in [0.25, 0.3) is 5.56 Å². The molecule has 4 N–H and O–H groups in total. The summed E-state index contributed by atoms with van der Waals surface area (Å²) in [6.45, 7) is 7.42. The quantitative estimate of drug-likeness (QED) is 0.537. The number of aromatic amines is 1. The van der Waals surface area contributed by atoms with Gasteiger partial charge in [0.2, 0.25) is 0 Å². The number of anilines is 3. The van der Waals surface area contributed by atoms with Gasteiger partial charge in [0.05, 0.1) is 6.61 Å². The number of benzene rings is 1. The smallest absolute Gasteiger partial charge is 0.330 e. The molecular weight excluding hydrogens is 390 g/mol. The average molecular weight is 420 g/mol. The second-order valence-electron chi connectivity index (χ2n) is 6.54. The van der Waals surface area contributed by atoms with Gasteiger partial charge in [-0.15, -0.1) is 0 Å². The van der Waals surface area contributed by atoms with Gasteiger partial charge in [-0.25, -0.2) is 4.79 Å². The van der Waals surface area contributed by atoms with Crippen molar-refractivity contribution in [1.82, 2.24) is 9.55 Å². The number of nitrogens with zero attached hydrogens (tertiary/aromatic N) is 2. The summed E-state index contributed by atoms with van der Waals surface area (Å²) in [6, 6.07) is 7.36. The molecule has 0 aliphatic heterocycles. The second-order valence-corrected chi connectivity index (χ2v) is 6.92. The van der Waals surface area contributed by atoms with Crippen LogP contribution in [0.1, 0.15) is 40.0 Å². The maximum absolute atomic E-state index is 12.6. The largest absolute Gasteiger partial charge is 0.494 e. The Hall–Kier alpha value is -2.81. The number of aromatic nitrogens is 2. The van der Waals surface area contributed by atoms with Crippen LogP contribution in [0.25, 0.3) is 0 Å². The lowest BCUT2D eigenvalue weighted by molar-refractivity contribution is 0.340. The van der Waals surface area contributed by atoms with Gasteiger partial charge in [-0.1, -0.05) is 20.3 Å². The minimum atomic E-state index is -0.551. The van der Waals surface area contributed by atoms with E-state index >= 15 is 0 Å². The molecule has 0 atom stereocenters. The fraction of sp³-hybridized carbons (Fsp3) is 0.450.